The second-order valence-corrected chi connectivity index (χ2v) is 4.22. The smallest absolute Gasteiger partial charge is 0.224 e. The summed E-state index contributed by atoms with van der Waals surface area (Å²) < 4.78 is 5.70. The van der Waals surface area contributed by atoms with Gasteiger partial charge < -0.3 is 10.1 Å². The predicted molar refractivity (Wildman–Crippen MR) is 72.5 cm³/mol. The summed E-state index contributed by atoms with van der Waals surface area (Å²) in [5.41, 5.74) is 1.00. The molecule has 5 heteroatoms. The third-order valence-electron chi connectivity index (χ3n) is 2.36. The number of anilines is 1. The van der Waals surface area contributed by atoms with Gasteiger partial charge in [-0.1, -0.05) is 17.7 Å². The largest absolute Gasteiger partial charge is 0.439 e. The van der Waals surface area contributed by atoms with Gasteiger partial charge in [-0.15, -0.1) is 0 Å². The summed E-state index contributed by atoms with van der Waals surface area (Å²) in [5, 5.41) is 3.74. The molecule has 1 heterocycles. The lowest BCUT2D eigenvalue weighted by Crippen LogP contribution is -2.00. The summed E-state index contributed by atoms with van der Waals surface area (Å²) >= 11 is 5.94. The van der Waals surface area contributed by atoms with E-state index in [0.29, 0.717) is 16.7 Å². The lowest BCUT2D eigenvalue weighted by atomic mass is 10.2. The van der Waals surface area contributed by atoms with Gasteiger partial charge in [-0.2, -0.15) is 0 Å². The molecule has 18 heavy (non-hydrogen) atoms. The van der Waals surface area contributed by atoms with E-state index in [-0.39, 0.29) is 0 Å². The molecule has 2 aromatic rings. The highest BCUT2D eigenvalue weighted by atomic mass is 35.5. The Kier molecular flexibility index (Phi) is 3.99. The summed E-state index contributed by atoms with van der Waals surface area (Å²) in [6, 6.07) is 7.26. The van der Waals surface area contributed by atoms with Gasteiger partial charge in [0.1, 0.15) is 17.9 Å². The molecule has 0 amide bonds. The van der Waals surface area contributed by atoms with E-state index in [0.717, 1.165) is 17.9 Å². The molecule has 0 aliphatic rings. The van der Waals surface area contributed by atoms with Gasteiger partial charge in [0.2, 0.25) is 5.88 Å². The van der Waals surface area contributed by atoms with Crippen molar-refractivity contribution < 1.29 is 4.74 Å². The molecule has 0 saturated carbocycles. The predicted octanol–water partition coefficient (Wildman–Crippen LogP) is 3.66. The SMILES string of the molecule is CCNc1cc(Oc2cc(Cl)ccc2C)ncn1. The van der Waals surface area contributed by atoms with E-state index in [1.807, 2.05) is 26.0 Å². The van der Waals surface area contributed by atoms with Crippen LogP contribution in [0.2, 0.25) is 5.02 Å². The Hall–Kier alpha value is -1.81. The van der Waals surface area contributed by atoms with Gasteiger partial charge in [0.05, 0.1) is 0 Å². The Labute approximate surface area is 111 Å². The Morgan fingerprint density at radius 3 is 2.89 bits per heavy atom. The zero-order chi connectivity index (χ0) is 13.0. The van der Waals surface area contributed by atoms with Crippen LogP contribution in [0.4, 0.5) is 5.82 Å². The number of rotatable bonds is 4. The van der Waals surface area contributed by atoms with Crippen molar-refractivity contribution in [2.45, 2.75) is 13.8 Å². The van der Waals surface area contributed by atoms with Crippen LogP contribution in [-0.4, -0.2) is 16.5 Å². The number of benzene rings is 1. The van der Waals surface area contributed by atoms with Crippen LogP contribution in [0.3, 0.4) is 0 Å². The van der Waals surface area contributed by atoms with Crippen molar-refractivity contribution in [3.8, 4) is 11.6 Å². The molecule has 0 bridgehead atoms. The van der Waals surface area contributed by atoms with Crippen LogP contribution in [0.1, 0.15) is 12.5 Å². The van der Waals surface area contributed by atoms with E-state index in [1.54, 1.807) is 12.1 Å². The quantitative estimate of drug-likeness (QED) is 0.914. The van der Waals surface area contributed by atoms with Gasteiger partial charge in [-0.3, -0.25) is 0 Å². The first-order valence-corrected chi connectivity index (χ1v) is 6.06. The molecular weight excluding hydrogens is 250 g/mol. The zero-order valence-electron chi connectivity index (χ0n) is 10.3. The summed E-state index contributed by atoms with van der Waals surface area (Å²) in [6.45, 7) is 4.76. The van der Waals surface area contributed by atoms with Crippen LogP contribution in [0.15, 0.2) is 30.6 Å². The Bertz CT molecular complexity index is 546. The number of nitrogens with one attached hydrogen (secondary N) is 1. The normalized spacial score (nSPS) is 10.2. The molecule has 1 N–H and O–H groups in total. The first kappa shape index (κ1) is 12.6. The highest BCUT2D eigenvalue weighted by Gasteiger charge is 2.04. The number of aryl methyl sites for hydroxylation is 1. The molecule has 94 valence electrons. The minimum atomic E-state index is 0.492. The van der Waals surface area contributed by atoms with Crippen molar-refractivity contribution >= 4 is 17.4 Å². The van der Waals surface area contributed by atoms with Crippen LogP contribution >= 0.6 is 11.6 Å². The fraction of sp³-hybridized carbons (Fsp3) is 0.231. The third kappa shape index (κ3) is 3.11. The highest BCUT2D eigenvalue weighted by Crippen LogP contribution is 2.27. The van der Waals surface area contributed by atoms with Gasteiger partial charge in [-0.25, -0.2) is 9.97 Å². The number of ether oxygens (including phenoxy) is 1. The van der Waals surface area contributed by atoms with Crippen LogP contribution in [-0.2, 0) is 0 Å². The molecular formula is C13H14ClN3O. The number of halogens is 1. The highest BCUT2D eigenvalue weighted by molar-refractivity contribution is 6.30. The van der Waals surface area contributed by atoms with Crippen molar-refractivity contribution in [1.82, 2.24) is 9.97 Å². The van der Waals surface area contributed by atoms with E-state index in [4.69, 9.17) is 16.3 Å². The first-order chi connectivity index (χ1) is 8.69. The maximum Gasteiger partial charge on any atom is 0.224 e. The summed E-state index contributed by atoms with van der Waals surface area (Å²) in [7, 11) is 0. The molecule has 4 nitrogen and oxygen atoms in total. The van der Waals surface area contributed by atoms with Gasteiger partial charge in [-0.05, 0) is 31.5 Å². The van der Waals surface area contributed by atoms with Crippen LogP contribution in [0.5, 0.6) is 11.6 Å². The van der Waals surface area contributed by atoms with Crippen molar-refractivity contribution in [2.24, 2.45) is 0 Å². The zero-order valence-corrected chi connectivity index (χ0v) is 11.0. The average Bonchev–Trinajstić information content (AvgIpc) is 2.35. The van der Waals surface area contributed by atoms with E-state index in [2.05, 4.69) is 15.3 Å². The Morgan fingerprint density at radius 2 is 2.11 bits per heavy atom. The molecule has 0 spiro atoms. The van der Waals surface area contributed by atoms with Gasteiger partial charge in [0.25, 0.3) is 0 Å². The first-order valence-electron chi connectivity index (χ1n) is 5.69. The number of hydrogen-bond donors (Lipinski definition) is 1. The van der Waals surface area contributed by atoms with E-state index in [9.17, 15) is 0 Å². The lowest BCUT2D eigenvalue weighted by Gasteiger charge is -2.09. The standard InChI is InChI=1S/C13H14ClN3O/c1-3-15-12-7-13(17-8-16-12)18-11-6-10(14)5-4-9(11)2/h4-8H,3H2,1-2H3,(H,15,16,17). The fourth-order valence-electron chi connectivity index (χ4n) is 1.47. The number of aromatic nitrogens is 2. The molecule has 1 aromatic heterocycles. The average molecular weight is 264 g/mol. The molecule has 0 saturated heterocycles. The monoisotopic (exact) mass is 263 g/mol. The van der Waals surface area contributed by atoms with Crippen molar-refractivity contribution in [2.75, 3.05) is 11.9 Å². The minimum absolute atomic E-state index is 0.492. The summed E-state index contributed by atoms with van der Waals surface area (Å²) in [6.07, 6.45) is 1.47. The number of hydrogen-bond acceptors (Lipinski definition) is 4. The summed E-state index contributed by atoms with van der Waals surface area (Å²) in [4.78, 5) is 8.15. The van der Waals surface area contributed by atoms with Crippen LogP contribution < -0.4 is 10.1 Å². The molecule has 0 fully saturated rings. The second-order valence-electron chi connectivity index (χ2n) is 3.78. The van der Waals surface area contributed by atoms with Gasteiger partial charge in [0, 0.05) is 17.6 Å². The lowest BCUT2D eigenvalue weighted by molar-refractivity contribution is 0.458. The van der Waals surface area contributed by atoms with Crippen molar-refractivity contribution in [1.29, 1.82) is 0 Å². The number of nitrogens with zero attached hydrogens (tertiary/aromatic N) is 2. The van der Waals surface area contributed by atoms with Gasteiger partial charge in [0.15, 0.2) is 0 Å². The second kappa shape index (κ2) is 5.69. The molecule has 1 aromatic carbocycles. The molecule has 0 aliphatic heterocycles. The molecule has 0 aliphatic carbocycles. The Balaban J connectivity index is 2.22. The van der Waals surface area contributed by atoms with E-state index >= 15 is 0 Å². The summed E-state index contributed by atoms with van der Waals surface area (Å²) in [5.74, 6) is 1.93. The third-order valence-corrected chi connectivity index (χ3v) is 2.60. The molecule has 0 atom stereocenters. The topological polar surface area (TPSA) is 47.0 Å². The molecule has 0 radical (unpaired) electrons. The fourth-order valence-corrected chi connectivity index (χ4v) is 1.63. The van der Waals surface area contributed by atoms with E-state index < -0.39 is 0 Å². The van der Waals surface area contributed by atoms with Gasteiger partial charge >= 0.3 is 0 Å². The minimum Gasteiger partial charge on any atom is -0.439 e. The molecule has 0 unspecified atom stereocenters. The van der Waals surface area contributed by atoms with Crippen molar-refractivity contribution in [3.05, 3.63) is 41.2 Å². The molecule has 2 rings (SSSR count). The maximum absolute atomic E-state index is 5.94. The van der Waals surface area contributed by atoms with Crippen LogP contribution in [0.25, 0.3) is 0 Å². The Morgan fingerprint density at radius 1 is 1.28 bits per heavy atom. The maximum atomic E-state index is 5.94. The van der Waals surface area contributed by atoms with E-state index in [1.165, 1.54) is 6.33 Å². The van der Waals surface area contributed by atoms with Crippen LogP contribution in [0, 0.1) is 6.92 Å². The van der Waals surface area contributed by atoms with Crippen molar-refractivity contribution in [3.63, 3.8) is 0 Å².